The van der Waals surface area contributed by atoms with Gasteiger partial charge in [-0.1, -0.05) is 103 Å². The molecule has 0 aromatic heterocycles. The average Bonchev–Trinajstić information content (AvgIpc) is 3.25. The van der Waals surface area contributed by atoms with Gasteiger partial charge in [-0.15, -0.1) is 0 Å². The maximum atomic E-state index is 12.3. The molecule has 5 heteroatoms. The van der Waals surface area contributed by atoms with Crippen molar-refractivity contribution in [3.63, 3.8) is 0 Å². The summed E-state index contributed by atoms with van der Waals surface area (Å²) in [5.74, 6) is -0.00517. The van der Waals surface area contributed by atoms with E-state index in [-0.39, 0.29) is 25.5 Å². The first-order valence-corrected chi connectivity index (χ1v) is 12.2. The second-order valence-corrected chi connectivity index (χ2v) is 9.04. The van der Waals surface area contributed by atoms with Crippen LogP contribution in [-0.2, 0) is 4.74 Å². The van der Waals surface area contributed by atoms with Gasteiger partial charge in [0.2, 0.25) is 0 Å². The highest BCUT2D eigenvalue weighted by Gasteiger charge is 2.29. The van der Waals surface area contributed by atoms with Gasteiger partial charge in [-0.2, -0.15) is 0 Å². The molecule has 0 aliphatic heterocycles. The van der Waals surface area contributed by atoms with Crippen molar-refractivity contribution in [2.24, 2.45) is 0 Å². The smallest absolute Gasteiger partial charge is 0.407 e. The van der Waals surface area contributed by atoms with Crippen LogP contribution >= 0.6 is 0 Å². The molecule has 1 aliphatic carbocycles. The number of carbonyl (C=O) groups is 1. The first-order valence-electron chi connectivity index (χ1n) is 12.2. The van der Waals surface area contributed by atoms with Crippen LogP contribution in [0.1, 0.15) is 35.1 Å². The van der Waals surface area contributed by atoms with E-state index in [0.29, 0.717) is 5.56 Å². The van der Waals surface area contributed by atoms with E-state index in [2.05, 4.69) is 29.6 Å². The molecule has 0 saturated heterocycles. The molecule has 2 unspecified atom stereocenters. The van der Waals surface area contributed by atoms with E-state index in [1.54, 1.807) is 0 Å². The van der Waals surface area contributed by atoms with Crippen molar-refractivity contribution in [1.29, 1.82) is 0 Å². The maximum absolute atomic E-state index is 12.3. The van der Waals surface area contributed by atoms with Crippen LogP contribution in [-0.4, -0.2) is 35.6 Å². The fourth-order valence-electron chi connectivity index (χ4n) is 4.85. The fourth-order valence-corrected chi connectivity index (χ4v) is 4.85. The minimum Gasteiger partial charge on any atom is -0.449 e. The quantitative estimate of drug-likeness (QED) is 0.304. The number of hydrogen-bond donors (Lipinski definition) is 3. The molecule has 0 fully saturated rings. The number of nitrogens with one attached hydrogen (secondary N) is 1. The van der Waals surface area contributed by atoms with Crippen molar-refractivity contribution in [2.45, 2.75) is 24.5 Å². The number of alkyl carbamates (subject to hydrolysis) is 1. The topological polar surface area (TPSA) is 78.8 Å². The molecule has 0 spiro atoms. The molecule has 5 rings (SSSR count). The number of fused-ring (bicyclic) bond motifs is 3. The minimum absolute atomic E-state index is 0.00517. The van der Waals surface area contributed by atoms with Gasteiger partial charge in [-0.3, -0.25) is 0 Å². The van der Waals surface area contributed by atoms with Gasteiger partial charge in [0.05, 0.1) is 6.10 Å². The number of rotatable bonds is 8. The van der Waals surface area contributed by atoms with Gasteiger partial charge in [0, 0.05) is 12.5 Å². The number of carbonyl (C=O) groups excluding carboxylic acids is 1. The van der Waals surface area contributed by atoms with Crippen molar-refractivity contribution in [2.75, 3.05) is 13.2 Å². The normalized spacial score (nSPS) is 13.9. The molecular formula is C31H29NO4. The van der Waals surface area contributed by atoms with Crippen molar-refractivity contribution >= 4 is 6.09 Å². The van der Waals surface area contributed by atoms with Crippen LogP contribution < -0.4 is 5.32 Å². The molecule has 36 heavy (non-hydrogen) atoms. The zero-order valence-corrected chi connectivity index (χ0v) is 19.9. The first kappa shape index (κ1) is 23.8. The Morgan fingerprint density at radius 2 is 1.31 bits per heavy atom. The van der Waals surface area contributed by atoms with E-state index in [1.165, 1.54) is 11.1 Å². The number of benzene rings is 4. The highest BCUT2D eigenvalue weighted by atomic mass is 16.5. The summed E-state index contributed by atoms with van der Waals surface area (Å²) in [6, 6.07) is 33.8. The van der Waals surface area contributed by atoms with Crippen LogP contribution in [0.25, 0.3) is 22.3 Å². The SMILES string of the molecule is O=C(NCCC(O)C(O)c1ccc(-c2ccccc2)cc1)OCC1c2ccccc2-c2ccccc21. The van der Waals surface area contributed by atoms with E-state index in [1.807, 2.05) is 78.9 Å². The zero-order valence-electron chi connectivity index (χ0n) is 19.9. The van der Waals surface area contributed by atoms with E-state index >= 15 is 0 Å². The highest BCUT2D eigenvalue weighted by molar-refractivity contribution is 5.79. The van der Waals surface area contributed by atoms with E-state index in [9.17, 15) is 15.0 Å². The number of aliphatic hydroxyl groups excluding tert-OH is 2. The van der Waals surface area contributed by atoms with Gasteiger partial charge < -0.3 is 20.3 Å². The van der Waals surface area contributed by atoms with Crippen molar-refractivity contribution in [3.05, 3.63) is 120 Å². The van der Waals surface area contributed by atoms with Gasteiger partial charge in [-0.25, -0.2) is 4.79 Å². The Balaban J connectivity index is 1.10. The summed E-state index contributed by atoms with van der Waals surface area (Å²) in [7, 11) is 0. The maximum Gasteiger partial charge on any atom is 0.407 e. The average molecular weight is 480 g/mol. The lowest BCUT2D eigenvalue weighted by Crippen LogP contribution is -2.30. The van der Waals surface area contributed by atoms with Gasteiger partial charge in [0.1, 0.15) is 12.7 Å². The van der Waals surface area contributed by atoms with E-state index < -0.39 is 18.3 Å². The van der Waals surface area contributed by atoms with Crippen molar-refractivity contribution in [1.82, 2.24) is 5.32 Å². The van der Waals surface area contributed by atoms with Gasteiger partial charge in [0.15, 0.2) is 0 Å². The molecular weight excluding hydrogens is 450 g/mol. The first-order chi connectivity index (χ1) is 17.6. The molecule has 3 N–H and O–H groups in total. The summed E-state index contributed by atoms with van der Waals surface area (Å²) in [5, 5.41) is 23.7. The van der Waals surface area contributed by atoms with Gasteiger partial charge in [0.25, 0.3) is 0 Å². The third-order valence-electron chi connectivity index (χ3n) is 6.78. The standard InChI is InChI=1S/C31H29NO4/c33-29(30(34)23-16-14-22(15-17-23)21-8-2-1-3-9-21)18-19-32-31(35)36-20-28-26-12-6-4-10-24(26)25-11-5-7-13-27(25)28/h1-17,28-30,33-34H,18-20H2,(H,32,35). The number of ether oxygens (including phenoxy) is 1. The molecule has 1 amide bonds. The Bertz CT molecular complexity index is 1270. The molecule has 4 aromatic carbocycles. The molecule has 2 atom stereocenters. The molecule has 5 nitrogen and oxygen atoms in total. The summed E-state index contributed by atoms with van der Waals surface area (Å²) in [6.07, 6.45) is -2.39. The summed E-state index contributed by atoms with van der Waals surface area (Å²) in [4.78, 5) is 12.3. The Hall–Kier alpha value is -3.93. The van der Waals surface area contributed by atoms with Gasteiger partial charge in [-0.05, 0) is 45.4 Å². The summed E-state index contributed by atoms with van der Waals surface area (Å²) in [5.41, 5.74) is 7.42. The molecule has 0 bridgehead atoms. The lowest BCUT2D eigenvalue weighted by Gasteiger charge is -2.19. The number of hydrogen-bond acceptors (Lipinski definition) is 4. The largest absolute Gasteiger partial charge is 0.449 e. The summed E-state index contributed by atoms with van der Waals surface area (Å²) >= 11 is 0. The lowest BCUT2D eigenvalue weighted by molar-refractivity contribution is 0.0137. The molecule has 182 valence electrons. The Labute approximate surface area is 211 Å². The van der Waals surface area contributed by atoms with Crippen molar-refractivity contribution < 1.29 is 19.7 Å². The predicted molar refractivity (Wildman–Crippen MR) is 141 cm³/mol. The zero-order chi connectivity index (χ0) is 24.9. The molecule has 4 aromatic rings. The molecule has 0 radical (unpaired) electrons. The van der Waals surface area contributed by atoms with Crippen LogP contribution in [0.5, 0.6) is 0 Å². The van der Waals surface area contributed by atoms with Crippen LogP contribution in [0, 0.1) is 0 Å². The Morgan fingerprint density at radius 3 is 1.94 bits per heavy atom. The summed E-state index contributed by atoms with van der Waals surface area (Å²) in [6.45, 7) is 0.426. The monoisotopic (exact) mass is 479 g/mol. The second-order valence-electron chi connectivity index (χ2n) is 9.04. The Kier molecular flexibility index (Phi) is 7.12. The third-order valence-corrected chi connectivity index (χ3v) is 6.78. The number of aliphatic hydroxyl groups is 2. The Morgan fingerprint density at radius 1 is 0.750 bits per heavy atom. The van der Waals surface area contributed by atoms with Crippen LogP contribution in [0.2, 0.25) is 0 Å². The number of amides is 1. The second kappa shape index (κ2) is 10.8. The third kappa shape index (κ3) is 5.03. The van der Waals surface area contributed by atoms with Crippen molar-refractivity contribution in [3.8, 4) is 22.3 Å². The summed E-state index contributed by atoms with van der Waals surface area (Å²) < 4.78 is 5.53. The fraction of sp³-hybridized carbons (Fsp3) is 0.194. The van der Waals surface area contributed by atoms with Gasteiger partial charge >= 0.3 is 6.09 Å². The highest BCUT2D eigenvalue weighted by Crippen LogP contribution is 2.44. The molecule has 1 aliphatic rings. The minimum atomic E-state index is -1.04. The van der Waals surface area contributed by atoms with Crippen LogP contribution in [0.15, 0.2) is 103 Å². The predicted octanol–water partition coefficient (Wildman–Crippen LogP) is 5.68. The molecule has 0 heterocycles. The van der Waals surface area contributed by atoms with Crippen LogP contribution in [0.3, 0.4) is 0 Å². The lowest BCUT2D eigenvalue weighted by atomic mass is 9.98. The van der Waals surface area contributed by atoms with Crippen LogP contribution in [0.4, 0.5) is 4.79 Å². The van der Waals surface area contributed by atoms with E-state index in [4.69, 9.17) is 4.74 Å². The molecule has 0 saturated carbocycles. The van der Waals surface area contributed by atoms with E-state index in [0.717, 1.165) is 22.3 Å².